The number of pyridine rings is 1. The van der Waals surface area contributed by atoms with Gasteiger partial charge in [-0.05, 0) is 12.1 Å². The minimum absolute atomic E-state index is 0.359. The van der Waals surface area contributed by atoms with Crippen LogP contribution in [-0.4, -0.2) is 67.5 Å². The van der Waals surface area contributed by atoms with Crippen molar-refractivity contribution in [2.24, 2.45) is 0 Å². The zero-order valence-corrected chi connectivity index (χ0v) is 13.4. The van der Waals surface area contributed by atoms with E-state index in [1.165, 1.54) is 11.1 Å². The average molecular weight is 370 g/mol. The van der Waals surface area contributed by atoms with Crippen molar-refractivity contribution in [3.63, 3.8) is 0 Å². The second kappa shape index (κ2) is 7.98. The number of hydrogen-bond donors (Lipinski definition) is 0. The highest BCUT2D eigenvalue weighted by molar-refractivity contribution is 6.30. The molecule has 2 rings (SSSR count). The van der Waals surface area contributed by atoms with Gasteiger partial charge in [0.1, 0.15) is 19.0 Å². The number of alkyl halides is 4. The van der Waals surface area contributed by atoms with E-state index in [0.717, 1.165) is 5.82 Å². The molecule has 0 N–H and O–H groups in total. The lowest BCUT2D eigenvalue weighted by Crippen LogP contribution is -2.50. The summed E-state index contributed by atoms with van der Waals surface area (Å²) in [6.07, 6.45) is -2.30. The van der Waals surface area contributed by atoms with Gasteiger partial charge in [0.05, 0.1) is 5.02 Å². The number of ether oxygens (including phenoxy) is 1. The lowest BCUT2D eigenvalue weighted by atomic mass is 10.3. The third-order valence-corrected chi connectivity index (χ3v) is 3.73. The van der Waals surface area contributed by atoms with E-state index in [0.29, 0.717) is 31.2 Å². The molecule has 2 heterocycles. The molecular weight excluding hydrogens is 354 g/mol. The quantitative estimate of drug-likeness (QED) is 0.722. The van der Waals surface area contributed by atoms with Gasteiger partial charge in [0, 0.05) is 32.4 Å². The predicted octanol–water partition coefficient (Wildman–Crippen LogP) is 2.30. The van der Waals surface area contributed by atoms with Gasteiger partial charge in [-0.1, -0.05) is 11.6 Å². The Labute approximate surface area is 141 Å². The van der Waals surface area contributed by atoms with Gasteiger partial charge in [0.15, 0.2) is 0 Å². The third-order valence-electron chi connectivity index (χ3n) is 3.51. The Morgan fingerprint density at radius 2 is 1.96 bits per heavy atom. The first-order valence-electron chi connectivity index (χ1n) is 7.17. The van der Waals surface area contributed by atoms with Crippen LogP contribution in [0.5, 0.6) is 0 Å². The monoisotopic (exact) mass is 369 g/mol. The predicted molar refractivity (Wildman–Crippen MR) is 79.8 cm³/mol. The summed E-state index contributed by atoms with van der Waals surface area (Å²) in [6, 6.07) is 3.47. The number of carbonyl (C=O) groups excluding carboxylic acids is 1. The molecule has 1 aromatic heterocycles. The first-order valence-corrected chi connectivity index (χ1v) is 7.55. The van der Waals surface area contributed by atoms with Crippen molar-refractivity contribution in [2.45, 2.75) is 12.3 Å². The molecule has 5 nitrogen and oxygen atoms in total. The van der Waals surface area contributed by atoms with E-state index in [-0.39, 0.29) is 0 Å². The van der Waals surface area contributed by atoms with Crippen molar-refractivity contribution in [2.75, 3.05) is 44.3 Å². The number of aromatic nitrogens is 1. The lowest BCUT2D eigenvalue weighted by molar-refractivity contribution is -0.171. The van der Waals surface area contributed by atoms with E-state index in [2.05, 4.69) is 9.72 Å². The summed E-state index contributed by atoms with van der Waals surface area (Å²) in [6.45, 7) is -0.400. The van der Waals surface area contributed by atoms with Crippen molar-refractivity contribution in [1.82, 2.24) is 9.88 Å². The molecule has 24 heavy (non-hydrogen) atoms. The fourth-order valence-electron chi connectivity index (χ4n) is 2.17. The van der Waals surface area contributed by atoms with Gasteiger partial charge in [-0.3, -0.25) is 4.79 Å². The first-order chi connectivity index (χ1) is 11.3. The van der Waals surface area contributed by atoms with Crippen LogP contribution in [0.3, 0.4) is 0 Å². The van der Waals surface area contributed by atoms with Crippen LogP contribution in [0.25, 0.3) is 0 Å². The number of carbonyl (C=O) groups is 1. The second-order valence-electron chi connectivity index (χ2n) is 5.26. The summed E-state index contributed by atoms with van der Waals surface area (Å²) in [7, 11) is 0. The van der Waals surface area contributed by atoms with Gasteiger partial charge >= 0.3 is 12.3 Å². The maximum Gasteiger partial charge on any atom is 0.330 e. The molecule has 0 aromatic carbocycles. The smallest absolute Gasteiger partial charge is 0.330 e. The van der Waals surface area contributed by atoms with E-state index in [1.54, 1.807) is 12.1 Å². The Morgan fingerprint density at radius 1 is 1.29 bits per heavy atom. The number of nitrogens with zero attached hydrogens (tertiary/aromatic N) is 3. The number of hydrogen-bond acceptors (Lipinski definition) is 4. The van der Waals surface area contributed by atoms with Gasteiger partial charge in [0.25, 0.3) is 0 Å². The van der Waals surface area contributed by atoms with Gasteiger partial charge in [-0.2, -0.15) is 8.78 Å². The zero-order chi connectivity index (χ0) is 17.7. The molecule has 1 aromatic rings. The molecule has 0 saturated carbocycles. The topological polar surface area (TPSA) is 45.7 Å². The highest BCUT2D eigenvalue weighted by atomic mass is 35.5. The van der Waals surface area contributed by atoms with Crippen LogP contribution in [-0.2, 0) is 9.53 Å². The van der Waals surface area contributed by atoms with Crippen molar-refractivity contribution in [3.8, 4) is 0 Å². The molecular formula is C14H16ClF4N3O2. The summed E-state index contributed by atoms with van der Waals surface area (Å²) in [5, 5.41) is 0.519. The standard InChI is InChI=1S/C14H16ClF4N3O2/c15-10-1-2-11(20-7-10)21-3-5-22(6-4-21)12(23)8-24-9-14(18,19)13(16)17/h1-2,7,13H,3-6,8-9H2. The van der Waals surface area contributed by atoms with Crippen molar-refractivity contribution < 1.29 is 27.1 Å². The fraction of sp³-hybridized carbons (Fsp3) is 0.571. The minimum Gasteiger partial charge on any atom is -0.365 e. The molecule has 1 amide bonds. The van der Waals surface area contributed by atoms with Crippen molar-refractivity contribution in [3.05, 3.63) is 23.4 Å². The molecule has 10 heteroatoms. The lowest BCUT2D eigenvalue weighted by Gasteiger charge is -2.35. The van der Waals surface area contributed by atoms with Crippen LogP contribution in [0.4, 0.5) is 23.4 Å². The summed E-state index contributed by atoms with van der Waals surface area (Å²) in [5.74, 6) is -4.04. The number of halogens is 5. The number of amides is 1. The fourth-order valence-corrected chi connectivity index (χ4v) is 2.28. The minimum atomic E-state index is -4.25. The first kappa shape index (κ1) is 18.7. The molecule has 0 aliphatic carbocycles. The molecule has 0 atom stereocenters. The average Bonchev–Trinajstić information content (AvgIpc) is 2.55. The highest BCUT2D eigenvalue weighted by Gasteiger charge is 2.41. The van der Waals surface area contributed by atoms with E-state index in [1.807, 2.05) is 4.90 Å². The highest BCUT2D eigenvalue weighted by Crippen LogP contribution is 2.23. The van der Waals surface area contributed by atoms with E-state index in [9.17, 15) is 22.4 Å². The number of rotatable bonds is 6. The summed E-state index contributed by atoms with van der Waals surface area (Å²) >= 11 is 5.77. The maximum absolute atomic E-state index is 12.7. The van der Waals surface area contributed by atoms with Gasteiger partial charge in [-0.15, -0.1) is 0 Å². The molecule has 1 aliphatic rings. The Balaban J connectivity index is 1.75. The van der Waals surface area contributed by atoms with Crippen LogP contribution < -0.4 is 4.90 Å². The van der Waals surface area contributed by atoms with Crippen LogP contribution in [0, 0.1) is 0 Å². The Bertz CT molecular complexity index is 551. The maximum atomic E-state index is 12.7. The van der Waals surface area contributed by atoms with E-state index < -0.39 is 31.5 Å². The van der Waals surface area contributed by atoms with Crippen molar-refractivity contribution >= 4 is 23.3 Å². The Morgan fingerprint density at radius 3 is 2.50 bits per heavy atom. The SMILES string of the molecule is O=C(COCC(F)(F)C(F)F)N1CCN(c2ccc(Cl)cn2)CC1. The van der Waals surface area contributed by atoms with Gasteiger partial charge in [0.2, 0.25) is 5.91 Å². The molecule has 0 spiro atoms. The second-order valence-corrected chi connectivity index (χ2v) is 5.69. The van der Waals surface area contributed by atoms with E-state index >= 15 is 0 Å². The Kier molecular flexibility index (Phi) is 6.22. The zero-order valence-electron chi connectivity index (χ0n) is 12.6. The molecule has 0 radical (unpaired) electrons. The molecule has 0 bridgehead atoms. The largest absolute Gasteiger partial charge is 0.365 e. The third kappa shape index (κ3) is 4.94. The molecule has 1 fully saturated rings. The molecule has 0 unspecified atom stereocenters. The van der Waals surface area contributed by atoms with E-state index in [4.69, 9.17) is 11.6 Å². The van der Waals surface area contributed by atoms with Crippen LogP contribution in [0.15, 0.2) is 18.3 Å². The Hall–Kier alpha value is -1.61. The molecule has 1 saturated heterocycles. The van der Waals surface area contributed by atoms with Gasteiger partial charge < -0.3 is 14.5 Å². The number of anilines is 1. The van der Waals surface area contributed by atoms with Crippen LogP contribution >= 0.6 is 11.6 Å². The normalized spacial score (nSPS) is 15.9. The number of piperazine rings is 1. The van der Waals surface area contributed by atoms with Crippen molar-refractivity contribution in [1.29, 1.82) is 0 Å². The van der Waals surface area contributed by atoms with Crippen LogP contribution in [0.1, 0.15) is 0 Å². The summed E-state index contributed by atoms with van der Waals surface area (Å²) in [5.41, 5.74) is 0. The van der Waals surface area contributed by atoms with Crippen LogP contribution in [0.2, 0.25) is 5.02 Å². The van der Waals surface area contributed by atoms with Gasteiger partial charge in [-0.25, -0.2) is 13.8 Å². The molecule has 1 aliphatic heterocycles. The summed E-state index contributed by atoms with van der Waals surface area (Å²) < 4.78 is 53.8. The molecule has 134 valence electrons. The summed E-state index contributed by atoms with van der Waals surface area (Å²) in [4.78, 5) is 19.4.